The van der Waals surface area contributed by atoms with Crippen molar-refractivity contribution in [2.24, 2.45) is 5.73 Å². The summed E-state index contributed by atoms with van der Waals surface area (Å²) in [5.41, 5.74) is 7.06. The second kappa shape index (κ2) is 6.03. The normalized spacial score (nSPS) is 12.3. The van der Waals surface area contributed by atoms with Crippen LogP contribution in [0, 0.1) is 6.92 Å². The fourth-order valence-electron chi connectivity index (χ4n) is 1.54. The summed E-state index contributed by atoms with van der Waals surface area (Å²) < 4.78 is 5.20. The third-order valence-corrected chi connectivity index (χ3v) is 3.02. The fourth-order valence-corrected chi connectivity index (χ4v) is 1.70. The summed E-state index contributed by atoms with van der Waals surface area (Å²) in [7, 11) is 1.55. The SMILES string of the molecule is COc1cc(C)c(Cl)cc1C(=O)CCC(C)N. The van der Waals surface area contributed by atoms with Crippen molar-refractivity contribution >= 4 is 17.4 Å². The Morgan fingerprint density at radius 2 is 2.18 bits per heavy atom. The molecule has 0 spiro atoms. The summed E-state index contributed by atoms with van der Waals surface area (Å²) in [5.74, 6) is 0.586. The molecule has 4 heteroatoms. The molecule has 0 aromatic heterocycles. The van der Waals surface area contributed by atoms with Gasteiger partial charge in [-0.2, -0.15) is 0 Å². The number of aryl methyl sites for hydroxylation is 1. The zero-order valence-corrected chi connectivity index (χ0v) is 11.2. The lowest BCUT2D eigenvalue weighted by molar-refractivity contribution is 0.0975. The van der Waals surface area contributed by atoms with Crippen molar-refractivity contribution in [3.05, 3.63) is 28.3 Å². The topological polar surface area (TPSA) is 52.3 Å². The summed E-state index contributed by atoms with van der Waals surface area (Å²) in [4.78, 5) is 12.0. The van der Waals surface area contributed by atoms with E-state index in [-0.39, 0.29) is 11.8 Å². The Morgan fingerprint density at radius 1 is 1.53 bits per heavy atom. The second-order valence-corrected chi connectivity index (χ2v) is 4.65. The minimum Gasteiger partial charge on any atom is -0.496 e. The van der Waals surface area contributed by atoms with Crippen LogP contribution in [-0.2, 0) is 0 Å². The molecule has 1 aromatic rings. The second-order valence-electron chi connectivity index (χ2n) is 4.24. The van der Waals surface area contributed by atoms with Gasteiger partial charge in [-0.25, -0.2) is 0 Å². The summed E-state index contributed by atoms with van der Waals surface area (Å²) in [6, 6.07) is 3.46. The predicted molar refractivity (Wildman–Crippen MR) is 70.0 cm³/mol. The highest BCUT2D eigenvalue weighted by Gasteiger charge is 2.14. The molecule has 0 saturated carbocycles. The Labute approximate surface area is 107 Å². The number of benzene rings is 1. The van der Waals surface area contributed by atoms with Crippen LogP contribution in [0.25, 0.3) is 0 Å². The van der Waals surface area contributed by atoms with E-state index in [1.54, 1.807) is 19.2 Å². The van der Waals surface area contributed by atoms with Crippen LogP contribution >= 0.6 is 11.6 Å². The van der Waals surface area contributed by atoms with E-state index < -0.39 is 0 Å². The van der Waals surface area contributed by atoms with Gasteiger partial charge in [0.2, 0.25) is 0 Å². The monoisotopic (exact) mass is 255 g/mol. The molecule has 0 bridgehead atoms. The quantitative estimate of drug-likeness (QED) is 0.823. The molecule has 0 aliphatic rings. The minimum absolute atomic E-state index is 0.0149. The number of carbonyl (C=O) groups excluding carboxylic acids is 1. The number of nitrogens with two attached hydrogens (primary N) is 1. The number of hydrogen-bond donors (Lipinski definition) is 1. The number of halogens is 1. The maximum atomic E-state index is 12.0. The molecule has 0 aliphatic heterocycles. The van der Waals surface area contributed by atoms with Crippen LogP contribution in [0.4, 0.5) is 0 Å². The largest absolute Gasteiger partial charge is 0.496 e. The number of carbonyl (C=O) groups is 1. The molecule has 1 unspecified atom stereocenters. The Balaban J connectivity index is 2.96. The van der Waals surface area contributed by atoms with E-state index in [2.05, 4.69) is 0 Å². The molecule has 94 valence electrons. The van der Waals surface area contributed by atoms with Gasteiger partial charge in [-0.3, -0.25) is 4.79 Å². The third kappa shape index (κ3) is 3.72. The number of Topliss-reactive ketones (excluding diaryl/α,β-unsaturated/α-hetero) is 1. The van der Waals surface area contributed by atoms with Gasteiger partial charge in [0.25, 0.3) is 0 Å². The van der Waals surface area contributed by atoms with Gasteiger partial charge in [0, 0.05) is 17.5 Å². The van der Waals surface area contributed by atoms with Gasteiger partial charge in [0.05, 0.1) is 12.7 Å². The zero-order valence-electron chi connectivity index (χ0n) is 10.4. The predicted octanol–water partition coefficient (Wildman–Crippen LogP) is 2.97. The van der Waals surface area contributed by atoms with Crippen molar-refractivity contribution in [1.29, 1.82) is 0 Å². The van der Waals surface area contributed by atoms with Crippen LogP contribution < -0.4 is 10.5 Å². The van der Waals surface area contributed by atoms with E-state index in [1.807, 2.05) is 13.8 Å². The van der Waals surface area contributed by atoms with Crippen LogP contribution in [0.5, 0.6) is 5.75 Å². The third-order valence-electron chi connectivity index (χ3n) is 2.61. The maximum absolute atomic E-state index is 12.0. The fraction of sp³-hybridized carbons (Fsp3) is 0.462. The molecule has 2 N–H and O–H groups in total. The molecule has 0 heterocycles. The van der Waals surface area contributed by atoms with Gasteiger partial charge in [0.15, 0.2) is 5.78 Å². The Morgan fingerprint density at radius 3 is 2.71 bits per heavy atom. The molecule has 0 radical (unpaired) electrons. The first-order chi connectivity index (χ1) is 7.95. The van der Waals surface area contributed by atoms with E-state index in [4.69, 9.17) is 22.1 Å². The van der Waals surface area contributed by atoms with Crippen molar-refractivity contribution in [2.45, 2.75) is 32.7 Å². The summed E-state index contributed by atoms with van der Waals surface area (Å²) in [6.07, 6.45) is 1.07. The van der Waals surface area contributed by atoms with E-state index in [9.17, 15) is 4.79 Å². The molecule has 1 aromatic carbocycles. The van der Waals surface area contributed by atoms with E-state index in [0.717, 1.165) is 5.56 Å². The number of rotatable bonds is 5. The zero-order chi connectivity index (χ0) is 13.0. The molecular weight excluding hydrogens is 238 g/mol. The highest BCUT2D eigenvalue weighted by molar-refractivity contribution is 6.31. The number of ether oxygens (including phenoxy) is 1. The Hall–Kier alpha value is -1.06. The standard InChI is InChI=1S/C13H18ClNO2/c1-8-6-13(17-3)10(7-11(8)14)12(16)5-4-9(2)15/h6-7,9H,4-5,15H2,1-3H3. The van der Waals surface area contributed by atoms with E-state index in [0.29, 0.717) is 29.2 Å². The van der Waals surface area contributed by atoms with Crippen LogP contribution in [0.1, 0.15) is 35.7 Å². The van der Waals surface area contributed by atoms with Gasteiger partial charge in [-0.15, -0.1) is 0 Å². The molecule has 3 nitrogen and oxygen atoms in total. The average Bonchev–Trinajstić information content (AvgIpc) is 2.28. The molecular formula is C13H18ClNO2. The number of ketones is 1. The molecule has 0 aliphatic carbocycles. The molecule has 1 atom stereocenters. The molecule has 17 heavy (non-hydrogen) atoms. The number of hydrogen-bond acceptors (Lipinski definition) is 3. The van der Waals surface area contributed by atoms with Gasteiger partial charge in [0.1, 0.15) is 5.75 Å². The molecule has 0 saturated heterocycles. The summed E-state index contributed by atoms with van der Waals surface area (Å²) in [5, 5.41) is 0.579. The number of methoxy groups -OCH3 is 1. The first-order valence-electron chi connectivity index (χ1n) is 5.58. The average molecular weight is 256 g/mol. The van der Waals surface area contributed by atoms with Crippen LogP contribution in [0.3, 0.4) is 0 Å². The van der Waals surface area contributed by atoms with Crippen molar-refractivity contribution in [3.8, 4) is 5.75 Å². The molecule has 0 fully saturated rings. The van der Waals surface area contributed by atoms with E-state index >= 15 is 0 Å². The van der Waals surface area contributed by atoms with Crippen LogP contribution in [0.2, 0.25) is 5.02 Å². The molecule has 0 amide bonds. The minimum atomic E-state index is 0.0149. The molecule has 1 rings (SSSR count). The Bertz CT molecular complexity index is 416. The Kier molecular flexibility index (Phi) is 4.97. The maximum Gasteiger partial charge on any atom is 0.166 e. The van der Waals surface area contributed by atoms with Crippen molar-refractivity contribution in [3.63, 3.8) is 0 Å². The highest BCUT2D eigenvalue weighted by atomic mass is 35.5. The van der Waals surface area contributed by atoms with Crippen molar-refractivity contribution < 1.29 is 9.53 Å². The van der Waals surface area contributed by atoms with Crippen molar-refractivity contribution in [2.75, 3.05) is 7.11 Å². The summed E-state index contributed by atoms with van der Waals surface area (Å²) in [6.45, 7) is 3.76. The van der Waals surface area contributed by atoms with E-state index in [1.165, 1.54) is 0 Å². The van der Waals surface area contributed by atoms with Crippen LogP contribution in [-0.4, -0.2) is 18.9 Å². The van der Waals surface area contributed by atoms with Gasteiger partial charge >= 0.3 is 0 Å². The van der Waals surface area contributed by atoms with Crippen LogP contribution in [0.15, 0.2) is 12.1 Å². The lowest BCUT2D eigenvalue weighted by atomic mass is 10.0. The lowest BCUT2D eigenvalue weighted by Crippen LogP contribution is -2.16. The lowest BCUT2D eigenvalue weighted by Gasteiger charge is -2.10. The van der Waals surface area contributed by atoms with Gasteiger partial charge in [-0.1, -0.05) is 11.6 Å². The van der Waals surface area contributed by atoms with Gasteiger partial charge in [-0.05, 0) is 38.0 Å². The first kappa shape index (κ1) is 14.0. The van der Waals surface area contributed by atoms with Crippen molar-refractivity contribution in [1.82, 2.24) is 0 Å². The first-order valence-corrected chi connectivity index (χ1v) is 5.96. The summed E-state index contributed by atoms with van der Waals surface area (Å²) >= 11 is 6.02. The van der Waals surface area contributed by atoms with Gasteiger partial charge < -0.3 is 10.5 Å². The highest BCUT2D eigenvalue weighted by Crippen LogP contribution is 2.27. The smallest absolute Gasteiger partial charge is 0.166 e.